The zero-order chi connectivity index (χ0) is 15.4. The molecular weight excluding hydrogens is 322 g/mol. The summed E-state index contributed by atoms with van der Waals surface area (Å²) in [7, 11) is -3.46. The standard InChI is InChI=1S/C14H17N3O3S2/c18-22(19,17-4-6-20-7-5-17)16-10-12-1-3-15-14(9-12)13-2-8-21-11-13/h1-3,8-9,11,16H,4-7,10H2. The van der Waals surface area contributed by atoms with Crippen LogP contribution < -0.4 is 4.72 Å². The van der Waals surface area contributed by atoms with E-state index in [-0.39, 0.29) is 6.54 Å². The Balaban J connectivity index is 1.67. The molecule has 2 aromatic rings. The normalized spacial score (nSPS) is 16.7. The van der Waals surface area contributed by atoms with Gasteiger partial charge in [0.1, 0.15) is 0 Å². The molecule has 6 nitrogen and oxygen atoms in total. The van der Waals surface area contributed by atoms with Crippen LogP contribution in [0.3, 0.4) is 0 Å². The summed E-state index contributed by atoms with van der Waals surface area (Å²) < 4.78 is 33.7. The zero-order valence-electron chi connectivity index (χ0n) is 11.9. The maximum atomic E-state index is 12.2. The predicted octanol–water partition coefficient (Wildman–Crippen LogP) is 1.48. The second-order valence-corrected chi connectivity index (χ2v) is 7.43. The van der Waals surface area contributed by atoms with E-state index >= 15 is 0 Å². The van der Waals surface area contributed by atoms with Crippen LogP contribution in [0.15, 0.2) is 35.2 Å². The van der Waals surface area contributed by atoms with Gasteiger partial charge in [0, 0.05) is 36.8 Å². The lowest BCUT2D eigenvalue weighted by molar-refractivity contribution is 0.0725. The molecule has 3 heterocycles. The molecule has 1 N–H and O–H groups in total. The molecule has 0 bridgehead atoms. The summed E-state index contributed by atoms with van der Waals surface area (Å²) in [6.07, 6.45) is 1.70. The van der Waals surface area contributed by atoms with Crippen molar-refractivity contribution in [2.75, 3.05) is 26.3 Å². The quantitative estimate of drug-likeness (QED) is 0.896. The first-order valence-electron chi connectivity index (χ1n) is 6.95. The minimum Gasteiger partial charge on any atom is -0.379 e. The van der Waals surface area contributed by atoms with Gasteiger partial charge < -0.3 is 4.74 Å². The van der Waals surface area contributed by atoms with Crippen molar-refractivity contribution < 1.29 is 13.2 Å². The predicted molar refractivity (Wildman–Crippen MR) is 85.7 cm³/mol. The van der Waals surface area contributed by atoms with Gasteiger partial charge in [-0.3, -0.25) is 4.98 Å². The number of rotatable bonds is 5. The smallest absolute Gasteiger partial charge is 0.279 e. The third-order valence-corrected chi connectivity index (χ3v) is 5.65. The summed E-state index contributed by atoms with van der Waals surface area (Å²) in [6, 6.07) is 5.72. The van der Waals surface area contributed by atoms with Crippen LogP contribution >= 0.6 is 11.3 Å². The monoisotopic (exact) mass is 339 g/mol. The summed E-state index contributed by atoms with van der Waals surface area (Å²) in [5.74, 6) is 0. The van der Waals surface area contributed by atoms with Gasteiger partial charge in [-0.15, -0.1) is 0 Å². The minimum atomic E-state index is -3.46. The first-order valence-corrected chi connectivity index (χ1v) is 9.33. The minimum absolute atomic E-state index is 0.249. The molecule has 1 saturated heterocycles. The SMILES string of the molecule is O=S(=O)(NCc1ccnc(-c2ccsc2)c1)N1CCOCC1. The highest BCUT2D eigenvalue weighted by Gasteiger charge is 2.23. The number of pyridine rings is 1. The van der Waals surface area contributed by atoms with Gasteiger partial charge in [0.2, 0.25) is 0 Å². The van der Waals surface area contributed by atoms with Crippen LogP contribution in [-0.4, -0.2) is 44.0 Å². The molecule has 1 fully saturated rings. The van der Waals surface area contributed by atoms with Crippen LogP contribution in [0, 0.1) is 0 Å². The van der Waals surface area contributed by atoms with E-state index in [0.29, 0.717) is 26.3 Å². The number of hydrogen-bond acceptors (Lipinski definition) is 5. The number of aromatic nitrogens is 1. The molecule has 1 aliphatic heterocycles. The Morgan fingerprint density at radius 1 is 1.32 bits per heavy atom. The molecule has 118 valence electrons. The van der Waals surface area contributed by atoms with Gasteiger partial charge >= 0.3 is 0 Å². The van der Waals surface area contributed by atoms with E-state index < -0.39 is 10.2 Å². The average molecular weight is 339 g/mol. The lowest BCUT2D eigenvalue weighted by atomic mass is 10.1. The summed E-state index contributed by atoms with van der Waals surface area (Å²) in [6.45, 7) is 1.92. The van der Waals surface area contributed by atoms with Crippen molar-refractivity contribution in [2.24, 2.45) is 0 Å². The summed E-state index contributed by atoms with van der Waals surface area (Å²) in [5, 5.41) is 4.01. The van der Waals surface area contributed by atoms with Gasteiger partial charge in [-0.1, -0.05) is 0 Å². The van der Waals surface area contributed by atoms with E-state index in [9.17, 15) is 8.42 Å². The molecule has 3 rings (SSSR count). The lowest BCUT2D eigenvalue weighted by Crippen LogP contribution is -2.46. The van der Waals surface area contributed by atoms with Crippen molar-refractivity contribution in [1.29, 1.82) is 0 Å². The lowest BCUT2D eigenvalue weighted by Gasteiger charge is -2.26. The Morgan fingerprint density at radius 3 is 2.86 bits per heavy atom. The molecule has 1 aliphatic rings. The third-order valence-electron chi connectivity index (χ3n) is 3.41. The molecule has 0 aromatic carbocycles. The first-order chi connectivity index (χ1) is 10.6. The highest BCUT2D eigenvalue weighted by atomic mass is 32.2. The van der Waals surface area contributed by atoms with Gasteiger partial charge in [0.25, 0.3) is 10.2 Å². The number of morpholine rings is 1. The Bertz CT molecular complexity index is 711. The van der Waals surface area contributed by atoms with Crippen molar-refractivity contribution in [1.82, 2.24) is 14.0 Å². The highest BCUT2D eigenvalue weighted by Crippen LogP contribution is 2.20. The molecule has 2 aromatic heterocycles. The van der Waals surface area contributed by atoms with E-state index in [1.807, 2.05) is 29.0 Å². The third kappa shape index (κ3) is 3.71. The van der Waals surface area contributed by atoms with E-state index in [0.717, 1.165) is 16.8 Å². The van der Waals surface area contributed by atoms with Crippen molar-refractivity contribution >= 4 is 21.5 Å². The van der Waals surface area contributed by atoms with Crippen molar-refractivity contribution in [3.8, 4) is 11.3 Å². The zero-order valence-corrected chi connectivity index (χ0v) is 13.6. The van der Waals surface area contributed by atoms with E-state index in [1.165, 1.54) is 4.31 Å². The van der Waals surface area contributed by atoms with Crippen LogP contribution in [0.5, 0.6) is 0 Å². The van der Waals surface area contributed by atoms with Crippen molar-refractivity contribution in [3.05, 3.63) is 40.7 Å². The molecular formula is C14H17N3O3S2. The number of nitrogens with one attached hydrogen (secondary N) is 1. The average Bonchev–Trinajstić information content (AvgIpc) is 3.09. The van der Waals surface area contributed by atoms with E-state index in [4.69, 9.17) is 4.74 Å². The largest absolute Gasteiger partial charge is 0.379 e. The summed E-state index contributed by atoms with van der Waals surface area (Å²) in [5.41, 5.74) is 2.78. The molecule has 8 heteroatoms. The fraction of sp³-hybridized carbons (Fsp3) is 0.357. The van der Waals surface area contributed by atoms with Crippen LogP contribution in [0.1, 0.15) is 5.56 Å². The Labute approximate surface area is 133 Å². The highest BCUT2D eigenvalue weighted by molar-refractivity contribution is 7.87. The Morgan fingerprint density at radius 2 is 2.14 bits per heavy atom. The van der Waals surface area contributed by atoms with Crippen LogP contribution in [0.4, 0.5) is 0 Å². The molecule has 0 radical (unpaired) electrons. The molecule has 0 amide bonds. The molecule has 0 atom stereocenters. The van der Waals surface area contributed by atoms with Gasteiger partial charge in [0.15, 0.2) is 0 Å². The van der Waals surface area contributed by atoms with Gasteiger partial charge in [-0.2, -0.15) is 28.8 Å². The molecule has 0 spiro atoms. The molecule has 0 saturated carbocycles. The Kier molecular flexibility index (Phi) is 4.84. The second-order valence-electron chi connectivity index (χ2n) is 4.90. The first kappa shape index (κ1) is 15.6. The fourth-order valence-corrected chi connectivity index (χ4v) is 4.02. The van der Waals surface area contributed by atoms with Crippen molar-refractivity contribution in [3.63, 3.8) is 0 Å². The summed E-state index contributed by atoms with van der Waals surface area (Å²) in [4.78, 5) is 4.32. The van der Waals surface area contributed by atoms with E-state index in [1.54, 1.807) is 17.5 Å². The topological polar surface area (TPSA) is 71.5 Å². The fourth-order valence-electron chi connectivity index (χ4n) is 2.21. The molecule has 0 aliphatic carbocycles. The Hall–Kier alpha value is -1.32. The van der Waals surface area contributed by atoms with Crippen LogP contribution in [0.25, 0.3) is 11.3 Å². The number of ether oxygens (including phenoxy) is 1. The van der Waals surface area contributed by atoms with Crippen LogP contribution in [0.2, 0.25) is 0 Å². The summed E-state index contributed by atoms with van der Waals surface area (Å²) >= 11 is 1.61. The maximum Gasteiger partial charge on any atom is 0.279 e. The van der Waals surface area contributed by atoms with Gasteiger partial charge in [-0.05, 0) is 29.1 Å². The van der Waals surface area contributed by atoms with Gasteiger partial charge in [-0.25, -0.2) is 0 Å². The number of nitrogens with zero attached hydrogens (tertiary/aromatic N) is 2. The van der Waals surface area contributed by atoms with Crippen molar-refractivity contribution in [2.45, 2.75) is 6.54 Å². The number of thiophene rings is 1. The molecule has 0 unspecified atom stereocenters. The van der Waals surface area contributed by atoms with Gasteiger partial charge in [0.05, 0.1) is 18.9 Å². The van der Waals surface area contributed by atoms with Crippen LogP contribution in [-0.2, 0) is 21.5 Å². The number of hydrogen-bond donors (Lipinski definition) is 1. The van der Waals surface area contributed by atoms with E-state index in [2.05, 4.69) is 9.71 Å². The molecule has 22 heavy (non-hydrogen) atoms. The maximum absolute atomic E-state index is 12.2. The second kappa shape index (κ2) is 6.84.